The second-order valence-corrected chi connectivity index (χ2v) is 4.81. The summed E-state index contributed by atoms with van der Waals surface area (Å²) in [5.41, 5.74) is 2.03. The first-order valence-corrected chi connectivity index (χ1v) is 6.10. The van der Waals surface area contributed by atoms with Crippen LogP contribution in [0.15, 0.2) is 24.3 Å². The van der Waals surface area contributed by atoms with Crippen LogP contribution in [0.5, 0.6) is 0 Å². The lowest BCUT2D eigenvalue weighted by atomic mass is 10.1. The summed E-state index contributed by atoms with van der Waals surface area (Å²) in [4.78, 5) is 4.61. The minimum absolute atomic E-state index is 0.0742. The Labute approximate surface area is 101 Å². The Morgan fingerprint density at radius 3 is 2.47 bits per heavy atom. The number of hydrogen-bond donors (Lipinski definition) is 1. The van der Waals surface area contributed by atoms with Crippen molar-refractivity contribution in [3.8, 4) is 0 Å². The van der Waals surface area contributed by atoms with E-state index in [1.165, 1.54) is 0 Å². The lowest BCUT2D eigenvalue weighted by molar-refractivity contribution is -0.173. The maximum Gasteiger partial charge on any atom is 0.183 e. The van der Waals surface area contributed by atoms with Gasteiger partial charge in [0.15, 0.2) is 6.29 Å². The molecule has 2 aliphatic heterocycles. The van der Waals surface area contributed by atoms with Gasteiger partial charge in [0.25, 0.3) is 0 Å². The average Bonchev–Trinajstić information content (AvgIpc) is 2.69. The van der Waals surface area contributed by atoms with Crippen molar-refractivity contribution in [1.82, 2.24) is 9.80 Å². The standard InChI is InChI=1S/C13H18N2O2/c1-14-6-8-15(9-7-14)12-10-4-2-3-5-11(10)13(16)17-12/h2-5,12-13,16H,6-9H2,1H3. The largest absolute Gasteiger partial charge is 0.364 e. The molecule has 0 bridgehead atoms. The van der Waals surface area contributed by atoms with Gasteiger partial charge in [-0.15, -0.1) is 0 Å². The molecule has 3 rings (SSSR count). The molecule has 0 aromatic heterocycles. The van der Waals surface area contributed by atoms with Gasteiger partial charge in [0, 0.05) is 37.3 Å². The minimum atomic E-state index is -0.768. The van der Waals surface area contributed by atoms with Crippen LogP contribution in [0.25, 0.3) is 0 Å². The highest BCUT2D eigenvalue weighted by molar-refractivity contribution is 5.32. The third-order valence-corrected chi connectivity index (χ3v) is 3.66. The molecule has 1 fully saturated rings. The van der Waals surface area contributed by atoms with Crippen LogP contribution >= 0.6 is 0 Å². The SMILES string of the molecule is CN1CCN(C2OC(O)c3ccccc32)CC1. The van der Waals surface area contributed by atoms with E-state index < -0.39 is 6.29 Å². The maximum atomic E-state index is 9.88. The molecule has 2 heterocycles. The molecule has 1 saturated heterocycles. The molecule has 1 N–H and O–H groups in total. The third kappa shape index (κ3) is 1.98. The van der Waals surface area contributed by atoms with Crippen LogP contribution in [-0.4, -0.2) is 48.1 Å². The summed E-state index contributed by atoms with van der Waals surface area (Å²) >= 11 is 0. The highest BCUT2D eigenvalue weighted by Crippen LogP contribution is 2.39. The zero-order valence-electron chi connectivity index (χ0n) is 10.0. The van der Waals surface area contributed by atoms with E-state index in [0.717, 1.165) is 37.3 Å². The van der Waals surface area contributed by atoms with E-state index in [1.807, 2.05) is 18.2 Å². The fourth-order valence-corrected chi connectivity index (χ4v) is 2.57. The molecule has 4 heteroatoms. The summed E-state index contributed by atoms with van der Waals surface area (Å²) in [7, 11) is 2.13. The Morgan fingerprint density at radius 2 is 1.76 bits per heavy atom. The van der Waals surface area contributed by atoms with Crippen molar-refractivity contribution in [1.29, 1.82) is 0 Å². The molecule has 2 aliphatic rings. The zero-order chi connectivity index (χ0) is 11.8. The van der Waals surface area contributed by atoms with E-state index in [2.05, 4.69) is 22.9 Å². The van der Waals surface area contributed by atoms with Gasteiger partial charge in [0.2, 0.25) is 0 Å². The Bertz CT molecular complexity index is 402. The molecule has 0 radical (unpaired) electrons. The van der Waals surface area contributed by atoms with Crippen LogP contribution in [0, 0.1) is 0 Å². The summed E-state index contributed by atoms with van der Waals surface area (Å²) < 4.78 is 5.67. The van der Waals surface area contributed by atoms with E-state index in [4.69, 9.17) is 4.74 Å². The molecule has 0 spiro atoms. The van der Waals surface area contributed by atoms with Gasteiger partial charge in [-0.25, -0.2) is 0 Å². The molecule has 0 aliphatic carbocycles. The van der Waals surface area contributed by atoms with Crippen molar-refractivity contribution in [3.63, 3.8) is 0 Å². The monoisotopic (exact) mass is 234 g/mol. The van der Waals surface area contributed by atoms with Crippen LogP contribution in [0.3, 0.4) is 0 Å². The molecule has 17 heavy (non-hydrogen) atoms. The minimum Gasteiger partial charge on any atom is -0.364 e. The van der Waals surface area contributed by atoms with Crippen LogP contribution in [0.4, 0.5) is 0 Å². The first-order valence-electron chi connectivity index (χ1n) is 6.10. The average molecular weight is 234 g/mol. The van der Waals surface area contributed by atoms with Gasteiger partial charge in [0.05, 0.1) is 0 Å². The Balaban J connectivity index is 1.82. The molecule has 0 saturated carbocycles. The zero-order valence-corrected chi connectivity index (χ0v) is 10.0. The van der Waals surface area contributed by atoms with Gasteiger partial charge in [-0.3, -0.25) is 4.90 Å². The first kappa shape index (κ1) is 11.2. The number of benzene rings is 1. The first-order chi connectivity index (χ1) is 8.25. The lowest BCUT2D eigenvalue weighted by Gasteiger charge is -2.36. The Kier molecular flexibility index (Phi) is 2.88. The molecular weight excluding hydrogens is 216 g/mol. The fraction of sp³-hybridized carbons (Fsp3) is 0.538. The number of hydrogen-bond acceptors (Lipinski definition) is 4. The topological polar surface area (TPSA) is 35.9 Å². The number of nitrogens with zero attached hydrogens (tertiary/aromatic N) is 2. The summed E-state index contributed by atoms with van der Waals surface area (Å²) in [6.45, 7) is 4.08. The smallest absolute Gasteiger partial charge is 0.183 e. The predicted molar refractivity (Wildman–Crippen MR) is 64.3 cm³/mol. The van der Waals surface area contributed by atoms with Gasteiger partial charge >= 0.3 is 0 Å². The summed E-state index contributed by atoms with van der Waals surface area (Å²) in [5.74, 6) is 0. The number of piperazine rings is 1. The van der Waals surface area contributed by atoms with E-state index in [0.29, 0.717) is 0 Å². The molecule has 2 unspecified atom stereocenters. The number of likely N-dealkylation sites (N-methyl/N-ethyl adjacent to an activating group) is 1. The lowest BCUT2D eigenvalue weighted by Crippen LogP contribution is -2.45. The van der Waals surface area contributed by atoms with Crippen molar-refractivity contribution in [2.45, 2.75) is 12.5 Å². The fourth-order valence-electron chi connectivity index (χ4n) is 2.57. The molecular formula is C13H18N2O2. The Hall–Kier alpha value is -0.940. The van der Waals surface area contributed by atoms with Crippen molar-refractivity contribution < 1.29 is 9.84 Å². The van der Waals surface area contributed by atoms with Crippen LogP contribution in [-0.2, 0) is 4.74 Å². The van der Waals surface area contributed by atoms with Crippen LogP contribution < -0.4 is 0 Å². The van der Waals surface area contributed by atoms with Crippen molar-refractivity contribution in [2.24, 2.45) is 0 Å². The van der Waals surface area contributed by atoms with E-state index >= 15 is 0 Å². The summed E-state index contributed by atoms with van der Waals surface area (Å²) in [5, 5.41) is 9.88. The van der Waals surface area contributed by atoms with Gasteiger partial charge in [-0.05, 0) is 7.05 Å². The molecule has 2 atom stereocenters. The molecule has 1 aromatic carbocycles. The second kappa shape index (κ2) is 4.38. The predicted octanol–water partition coefficient (Wildman–Crippen LogP) is 0.954. The normalized spacial score (nSPS) is 30.5. The van der Waals surface area contributed by atoms with E-state index in [9.17, 15) is 5.11 Å². The molecule has 1 aromatic rings. The number of aliphatic hydroxyl groups is 1. The van der Waals surface area contributed by atoms with Crippen molar-refractivity contribution in [2.75, 3.05) is 33.2 Å². The van der Waals surface area contributed by atoms with Crippen molar-refractivity contribution >= 4 is 0 Å². The van der Waals surface area contributed by atoms with Gasteiger partial charge < -0.3 is 14.7 Å². The van der Waals surface area contributed by atoms with Crippen molar-refractivity contribution in [3.05, 3.63) is 35.4 Å². The van der Waals surface area contributed by atoms with E-state index in [1.54, 1.807) is 0 Å². The maximum absolute atomic E-state index is 9.88. The Morgan fingerprint density at radius 1 is 1.12 bits per heavy atom. The van der Waals surface area contributed by atoms with Gasteiger partial charge in [-0.2, -0.15) is 0 Å². The highest BCUT2D eigenvalue weighted by atomic mass is 16.6. The second-order valence-electron chi connectivity index (χ2n) is 4.81. The highest BCUT2D eigenvalue weighted by Gasteiger charge is 2.35. The summed E-state index contributed by atoms with van der Waals surface area (Å²) in [6, 6.07) is 7.94. The summed E-state index contributed by atoms with van der Waals surface area (Å²) in [6.07, 6.45) is -0.842. The number of fused-ring (bicyclic) bond motifs is 1. The molecule has 0 amide bonds. The number of rotatable bonds is 1. The van der Waals surface area contributed by atoms with E-state index in [-0.39, 0.29) is 6.23 Å². The number of ether oxygens (including phenoxy) is 1. The van der Waals surface area contributed by atoms with Gasteiger partial charge in [0.1, 0.15) is 6.23 Å². The van der Waals surface area contributed by atoms with Crippen LogP contribution in [0.1, 0.15) is 23.6 Å². The van der Waals surface area contributed by atoms with Crippen LogP contribution in [0.2, 0.25) is 0 Å². The molecule has 92 valence electrons. The number of aliphatic hydroxyl groups excluding tert-OH is 1. The quantitative estimate of drug-likeness (QED) is 0.785. The third-order valence-electron chi connectivity index (χ3n) is 3.66. The molecule has 4 nitrogen and oxygen atoms in total. The van der Waals surface area contributed by atoms with Gasteiger partial charge in [-0.1, -0.05) is 24.3 Å².